The van der Waals surface area contributed by atoms with Gasteiger partial charge < -0.3 is 10.1 Å². The van der Waals surface area contributed by atoms with E-state index in [1.54, 1.807) is 18.7 Å². The Bertz CT molecular complexity index is 880. The van der Waals surface area contributed by atoms with Gasteiger partial charge in [-0.25, -0.2) is 4.98 Å². The van der Waals surface area contributed by atoms with Crippen LogP contribution in [0, 0.1) is 0 Å². The third kappa shape index (κ3) is 3.43. The van der Waals surface area contributed by atoms with E-state index in [0.717, 1.165) is 15.8 Å². The molecule has 2 aromatic carbocycles. The lowest BCUT2D eigenvalue weighted by Gasteiger charge is -2.29. The molecule has 0 saturated heterocycles. The van der Waals surface area contributed by atoms with Gasteiger partial charge in [0, 0.05) is 17.7 Å². The first kappa shape index (κ1) is 16.9. The average Bonchev–Trinajstić information content (AvgIpc) is 3.07. The number of carbonyl (C=O) groups is 1. The summed E-state index contributed by atoms with van der Waals surface area (Å²) in [7, 11) is 1.62. The van der Waals surface area contributed by atoms with Crippen molar-refractivity contribution in [1.82, 2.24) is 10.3 Å². The van der Waals surface area contributed by atoms with E-state index in [0.29, 0.717) is 17.1 Å². The fraction of sp³-hybridized carbons (Fsp3) is 0.222. The first-order valence-corrected chi connectivity index (χ1v) is 8.70. The molecule has 0 radical (unpaired) electrons. The molecule has 1 aromatic heterocycles. The predicted molar refractivity (Wildman–Crippen MR) is 97.8 cm³/mol. The lowest BCUT2D eigenvalue weighted by molar-refractivity contribution is 0.00316. The molecular formula is C18H17ClN2O2S. The van der Waals surface area contributed by atoms with Gasteiger partial charge in [-0.2, -0.15) is 0 Å². The largest absolute Gasteiger partial charge is 0.372 e. The summed E-state index contributed by atoms with van der Waals surface area (Å²) in [4.78, 5) is 16.7. The Hall–Kier alpha value is -1.95. The van der Waals surface area contributed by atoms with E-state index in [9.17, 15) is 4.79 Å². The van der Waals surface area contributed by atoms with Crippen molar-refractivity contribution >= 4 is 39.1 Å². The highest BCUT2D eigenvalue weighted by Crippen LogP contribution is 2.26. The topological polar surface area (TPSA) is 51.2 Å². The van der Waals surface area contributed by atoms with Crippen molar-refractivity contribution in [3.63, 3.8) is 0 Å². The Kier molecular flexibility index (Phi) is 4.85. The third-order valence-corrected chi connectivity index (χ3v) is 5.09. The molecule has 0 aliphatic heterocycles. The van der Waals surface area contributed by atoms with Crippen LogP contribution in [0.2, 0.25) is 5.02 Å². The van der Waals surface area contributed by atoms with E-state index in [1.165, 1.54) is 11.3 Å². The van der Waals surface area contributed by atoms with Gasteiger partial charge in [0.15, 0.2) is 0 Å². The molecule has 3 rings (SSSR count). The van der Waals surface area contributed by atoms with Crippen molar-refractivity contribution in [2.45, 2.75) is 12.5 Å². The number of fused-ring (bicyclic) bond motifs is 1. The molecule has 0 unspecified atom stereocenters. The van der Waals surface area contributed by atoms with Gasteiger partial charge in [-0.05, 0) is 42.8 Å². The molecular weight excluding hydrogens is 344 g/mol. The second-order valence-corrected chi connectivity index (χ2v) is 6.99. The van der Waals surface area contributed by atoms with Crippen LogP contribution in [0.3, 0.4) is 0 Å². The Morgan fingerprint density at radius 2 is 2.17 bits per heavy atom. The van der Waals surface area contributed by atoms with Gasteiger partial charge >= 0.3 is 0 Å². The van der Waals surface area contributed by atoms with Crippen LogP contribution in [0.1, 0.15) is 22.8 Å². The summed E-state index contributed by atoms with van der Waals surface area (Å²) in [6.07, 6.45) is 0. The zero-order valence-corrected chi connectivity index (χ0v) is 14.9. The number of methoxy groups -OCH3 is 1. The van der Waals surface area contributed by atoms with Gasteiger partial charge in [0.25, 0.3) is 5.91 Å². The molecule has 1 heterocycles. The molecule has 6 heteroatoms. The number of hydrogen-bond acceptors (Lipinski definition) is 4. The highest BCUT2D eigenvalue weighted by atomic mass is 35.5. The second-order valence-electron chi connectivity index (χ2n) is 5.66. The monoisotopic (exact) mass is 360 g/mol. The quantitative estimate of drug-likeness (QED) is 0.740. The van der Waals surface area contributed by atoms with Crippen molar-refractivity contribution in [3.8, 4) is 0 Å². The Morgan fingerprint density at radius 1 is 1.33 bits per heavy atom. The number of thiazole rings is 1. The standard InChI is InChI=1S/C18H17ClN2O2S/c1-18(23-2,13-4-3-5-14(19)9-13)10-20-17(22)12-6-7-15-16(8-12)24-11-21-15/h3-9,11H,10H2,1-2H3,(H,20,22)/t18-/m1/s1. The molecule has 1 N–H and O–H groups in total. The minimum Gasteiger partial charge on any atom is -0.372 e. The summed E-state index contributed by atoms with van der Waals surface area (Å²) in [5, 5.41) is 3.58. The third-order valence-electron chi connectivity index (χ3n) is 4.07. The van der Waals surface area contributed by atoms with Gasteiger partial charge in [0.05, 0.1) is 22.3 Å². The van der Waals surface area contributed by atoms with E-state index in [4.69, 9.17) is 16.3 Å². The summed E-state index contributed by atoms with van der Waals surface area (Å²) in [5.41, 5.74) is 3.53. The van der Waals surface area contributed by atoms with E-state index in [2.05, 4.69) is 10.3 Å². The van der Waals surface area contributed by atoms with Crippen LogP contribution in [0.5, 0.6) is 0 Å². The Balaban J connectivity index is 1.76. The van der Waals surface area contributed by atoms with E-state index in [-0.39, 0.29) is 5.91 Å². The number of ether oxygens (including phenoxy) is 1. The molecule has 0 aliphatic rings. The number of benzene rings is 2. The van der Waals surface area contributed by atoms with E-state index < -0.39 is 5.60 Å². The molecule has 1 atom stereocenters. The fourth-order valence-electron chi connectivity index (χ4n) is 2.46. The van der Waals surface area contributed by atoms with Gasteiger partial charge in [0.1, 0.15) is 5.60 Å². The number of aromatic nitrogens is 1. The normalized spacial score (nSPS) is 13.6. The molecule has 4 nitrogen and oxygen atoms in total. The maximum Gasteiger partial charge on any atom is 0.251 e. The molecule has 0 spiro atoms. The minimum absolute atomic E-state index is 0.143. The summed E-state index contributed by atoms with van der Waals surface area (Å²) in [6.45, 7) is 2.26. The molecule has 0 aliphatic carbocycles. The van der Waals surface area contributed by atoms with Crippen LogP contribution in [0.15, 0.2) is 48.0 Å². The predicted octanol–water partition coefficient (Wildman–Crippen LogP) is 4.24. The van der Waals surface area contributed by atoms with E-state index >= 15 is 0 Å². The Morgan fingerprint density at radius 3 is 2.92 bits per heavy atom. The van der Waals surface area contributed by atoms with Crippen LogP contribution in [-0.2, 0) is 10.3 Å². The summed E-state index contributed by atoms with van der Waals surface area (Å²) in [5.74, 6) is -0.143. The number of nitrogens with one attached hydrogen (secondary N) is 1. The number of rotatable bonds is 5. The molecule has 0 bridgehead atoms. The SMILES string of the molecule is CO[C@](C)(CNC(=O)c1ccc2ncsc2c1)c1cccc(Cl)c1. The molecule has 1 amide bonds. The zero-order chi connectivity index (χ0) is 17.2. The van der Waals surface area contributed by atoms with Crippen LogP contribution >= 0.6 is 22.9 Å². The molecule has 124 valence electrons. The van der Waals surface area contributed by atoms with Crippen LogP contribution in [-0.4, -0.2) is 24.5 Å². The van der Waals surface area contributed by atoms with Gasteiger partial charge in [-0.1, -0.05) is 23.7 Å². The highest BCUT2D eigenvalue weighted by molar-refractivity contribution is 7.16. The molecule has 3 aromatic rings. The number of halogens is 1. The van der Waals surface area contributed by atoms with Gasteiger partial charge in [-0.15, -0.1) is 11.3 Å². The summed E-state index contributed by atoms with van der Waals surface area (Å²) >= 11 is 7.58. The zero-order valence-electron chi connectivity index (χ0n) is 13.4. The number of nitrogens with zero attached hydrogens (tertiary/aromatic N) is 1. The average molecular weight is 361 g/mol. The second kappa shape index (κ2) is 6.89. The van der Waals surface area contributed by atoms with Gasteiger partial charge in [0.2, 0.25) is 0 Å². The number of amides is 1. The minimum atomic E-state index is -0.658. The first-order valence-electron chi connectivity index (χ1n) is 7.44. The van der Waals surface area contributed by atoms with E-state index in [1.807, 2.05) is 43.3 Å². The Labute approximate surface area is 149 Å². The number of carbonyl (C=O) groups excluding carboxylic acids is 1. The van der Waals surface area contributed by atoms with Crippen molar-refractivity contribution in [2.24, 2.45) is 0 Å². The molecule has 0 saturated carbocycles. The lowest BCUT2D eigenvalue weighted by Crippen LogP contribution is -2.40. The molecule has 24 heavy (non-hydrogen) atoms. The van der Waals surface area contributed by atoms with Crippen LogP contribution < -0.4 is 5.32 Å². The maximum atomic E-state index is 12.5. The maximum absolute atomic E-state index is 12.5. The van der Waals surface area contributed by atoms with Crippen molar-refractivity contribution in [2.75, 3.05) is 13.7 Å². The molecule has 0 fully saturated rings. The van der Waals surface area contributed by atoms with Crippen molar-refractivity contribution in [1.29, 1.82) is 0 Å². The van der Waals surface area contributed by atoms with Crippen molar-refractivity contribution in [3.05, 3.63) is 64.1 Å². The van der Waals surface area contributed by atoms with Crippen LogP contribution in [0.4, 0.5) is 0 Å². The number of hydrogen-bond donors (Lipinski definition) is 1. The highest BCUT2D eigenvalue weighted by Gasteiger charge is 2.27. The summed E-state index contributed by atoms with van der Waals surface area (Å²) in [6, 6.07) is 12.9. The van der Waals surface area contributed by atoms with Gasteiger partial charge in [-0.3, -0.25) is 4.79 Å². The van der Waals surface area contributed by atoms with Crippen molar-refractivity contribution < 1.29 is 9.53 Å². The van der Waals surface area contributed by atoms with Crippen LogP contribution in [0.25, 0.3) is 10.2 Å². The first-order chi connectivity index (χ1) is 11.5. The fourth-order valence-corrected chi connectivity index (χ4v) is 3.36. The summed E-state index contributed by atoms with van der Waals surface area (Å²) < 4.78 is 6.63. The smallest absolute Gasteiger partial charge is 0.251 e. The lowest BCUT2D eigenvalue weighted by atomic mass is 9.95.